The summed E-state index contributed by atoms with van der Waals surface area (Å²) in [4.78, 5) is 9.00. The number of benzene rings is 1. The van der Waals surface area contributed by atoms with E-state index >= 15 is 0 Å². The van der Waals surface area contributed by atoms with Crippen LogP contribution in [0.25, 0.3) is 0 Å². The Morgan fingerprint density at radius 2 is 2.03 bits per heavy atom. The molecule has 1 aliphatic heterocycles. The predicted octanol–water partition coefficient (Wildman–Crippen LogP) is 1.38. The number of halogens is 1. The van der Waals surface area contributed by atoms with Crippen LogP contribution in [0.2, 0.25) is 0 Å². The molecule has 1 fully saturated rings. The lowest BCUT2D eigenvalue weighted by atomic mass is 10.1. The lowest BCUT2D eigenvalue weighted by Crippen LogP contribution is -2.52. The fourth-order valence-corrected chi connectivity index (χ4v) is 3.16. The van der Waals surface area contributed by atoms with Gasteiger partial charge in [-0.25, -0.2) is 4.99 Å². The van der Waals surface area contributed by atoms with Crippen molar-refractivity contribution in [2.75, 3.05) is 73.2 Å². The van der Waals surface area contributed by atoms with Crippen molar-refractivity contribution in [3.05, 3.63) is 29.8 Å². The summed E-state index contributed by atoms with van der Waals surface area (Å²) in [5, 5.41) is 17.3. The highest BCUT2D eigenvalue weighted by Crippen LogP contribution is 2.14. The maximum Gasteiger partial charge on any atom is 0.191 e. The summed E-state index contributed by atoms with van der Waals surface area (Å²) in [6.45, 7) is 10.9. The van der Waals surface area contributed by atoms with Gasteiger partial charge in [-0.3, -0.25) is 4.90 Å². The van der Waals surface area contributed by atoms with Crippen molar-refractivity contribution in [3.63, 3.8) is 0 Å². The molecule has 2 rings (SSSR count). The van der Waals surface area contributed by atoms with E-state index in [1.54, 1.807) is 0 Å². The number of aliphatic imine (C=N–C) groups is 1. The molecule has 1 atom stereocenters. The van der Waals surface area contributed by atoms with Gasteiger partial charge in [0.1, 0.15) is 12.4 Å². The van der Waals surface area contributed by atoms with Crippen molar-refractivity contribution in [2.45, 2.75) is 26.0 Å². The van der Waals surface area contributed by atoms with Crippen LogP contribution in [0.5, 0.6) is 5.75 Å². The Morgan fingerprint density at radius 1 is 1.29 bits per heavy atom. The highest BCUT2D eigenvalue weighted by atomic mass is 127. The molecule has 1 unspecified atom stereocenters. The fraction of sp³-hybridized carbons (Fsp3) is 0.682. The number of hydrogen-bond donors (Lipinski definition) is 3. The summed E-state index contributed by atoms with van der Waals surface area (Å²) in [7, 11) is 4.06. The average Bonchev–Trinajstić information content (AvgIpc) is 2.70. The van der Waals surface area contributed by atoms with Crippen LogP contribution in [0.4, 0.5) is 0 Å². The van der Waals surface area contributed by atoms with Crippen LogP contribution >= 0.6 is 24.0 Å². The molecule has 1 saturated heterocycles. The van der Waals surface area contributed by atoms with E-state index in [4.69, 9.17) is 9.47 Å². The van der Waals surface area contributed by atoms with Crippen molar-refractivity contribution >= 4 is 29.9 Å². The zero-order valence-electron chi connectivity index (χ0n) is 19.4. The summed E-state index contributed by atoms with van der Waals surface area (Å²) < 4.78 is 11.2. The Hall–Kier alpha value is -1.14. The second kappa shape index (κ2) is 14.8. The fourth-order valence-electron chi connectivity index (χ4n) is 3.16. The molecule has 0 aromatic heterocycles. The minimum atomic E-state index is -0.853. The van der Waals surface area contributed by atoms with E-state index < -0.39 is 5.60 Å². The third-order valence-electron chi connectivity index (χ3n) is 4.77. The number of rotatable bonds is 11. The van der Waals surface area contributed by atoms with Gasteiger partial charge < -0.3 is 30.1 Å². The number of nitrogens with one attached hydrogen (secondary N) is 2. The van der Waals surface area contributed by atoms with E-state index in [0.29, 0.717) is 32.2 Å². The van der Waals surface area contributed by atoms with Gasteiger partial charge >= 0.3 is 0 Å². The van der Waals surface area contributed by atoms with E-state index in [1.807, 2.05) is 52.2 Å². The molecule has 0 radical (unpaired) electrons. The van der Waals surface area contributed by atoms with E-state index in [1.165, 1.54) is 0 Å². The SMILES string of the molecule is CCNC(=NCc1cccc(OCCN(C)C)c1)NCC(C)(O)CN1CCOCC1.I. The highest BCUT2D eigenvalue weighted by molar-refractivity contribution is 14.0. The summed E-state index contributed by atoms with van der Waals surface area (Å²) in [6, 6.07) is 8.02. The van der Waals surface area contributed by atoms with Gasteiger partial charge in [0.25, 0.3) is 0 Å². The number of ether oxygens (including phenoxy) is 2. The Kier molecular flexibility index (Phi) is 13.3. The van der Waals surface area contributed by atoms with E-state index in [9.17, 15) is 5.11 Å². The summed E-state index contributed by atoms with van der Waals surface area (Å²) in [5.41, 5.74) is 0.225. The Morgan fingerprint density at radius 3 is 2.71 bits per heavy atom. The molecule has 178 valence electrons. The molecular weight excluding hydrogens is 509 g/mol. The van der Waals surface area contributed by atoms with Crippen LogP contribution < -0.4 is 15.4 Å². The minimum Gasteiger partial charge on any atom is -0.492 e. The zero-order valence-corrected chi connectivity index (χ0v) is 21.7. The van der Waals surface area contributed by atoms with E-state index in [-0.39, 0.29) is 24.0 Å². The predicted molar refractivity (Wildman–Crippen MR) is 137 cm³/mol. The zero-order chi connectivity index (χ0) is 21.8. The van der Waals surface area contributed by atoms with Crippen molar-refractivity contribution in [1.29, 1.82) is 0 Å². The van der Waals surface area contributed by atoms with Crippen LogP contribution in [-0.4, -0.2) is 99.7 Å². The van der Waals surface area contributed by atoms with Gasteiger partial charge in [-0.1, -0.05) is 12.1 Å². The van der Waals surface area contributed by atoms with Gasteiger partial charge in [-0.15, -0.1) is 24.0 Å². The first-order valence-corrected chi connectivity index (χ1v) is 10.8. The average molecular weight is 549 g/mol. The molecule has 0 saturated carbocycles. The normalized spacial score (nSPS) is 17.0. The highest BCUT2D eigenvalue weighted by Gasteiger charge is 2.25. The van der Waals surface area contributed by atoms with Gasteiger partial charge in [0.2, 0.25) is 0 Å². The van der Waals surface area contributed by atoms with Crippen LogP contribution in [0.15, 0.2) is 29.3 Å². The summed E-state index contributed by atoms with van der Waals surface area (Å²) in [5.74, 6) is 1.55. The molecule has 3 N–H and O–H groups in total. The van der Waals surface area contributed by atoms with Gasteiger partial charge in [-0.05, 0) is 45.6 Å². The van der Waals surface area contributed by atoms with Crippen molar-refractivity contribution < 1.29 is 14.6 Å². The molecular formula is C22H40IN5O3. The smallest absolute Gasteiger partial charge is 0.191 e. The van der Waals surface area contributed by atoms with Gasteiger partial charge in [0.15, 0.2) is 5.96 Å². The van der Waals surface area contributed by atoms with Crippen molar-refractivity contribution in [3.8, 4) is 5.75 Å². The number of guanidine groups is 1. The number of β-amino-alcohol motifs (C(OH)–C–C–N with tert-alkyl or cyclic N) is 1. The second-order valence-electron chi connectivity index (χ2n) is 8.23. The first kappa shape index (κ1) is 27.9. The quantitative estimate of drug-likeness (QED) is 0.219. The second-order valence-corrected chi connectivity index (χ2v) is 8.23. The molecule has 1 heterocycles. The molecule has 31 heavy (non-hydrogen) atoms. The Labute approximate surface area is 204 Å². The Balaban J connectivity index is 0.00000480. The molecule has 1 aliphatic rings. The molecule has 0 amide bonds. The van der Waals surface area contributed by atoms with Crippen LogP contribution in [0.1, 0.15) is 19.4 Å². The first-order chi connectivity index (χ1) is 14.4. The largest absolute Gasteiger partial charge is 0.492 e. The number of morpholine rings is 1. The number of aliphatic hydroxyl groups is 1. The molecule has 8 nitrogen and oxygen atoms in total. The Bertz CT molecular complexity index is 652. The van der Waals surface area contributed by atoms with Gasteiger partial charge in [0.05, 0.1) is 25.4 Å². The topological polar surface area (TPSA) is 81.6 Å². The number of likely N-dealkylation sites (N-methyl/N-ethyl adjacent to an activating group) is 1. The summed E-state index contributed by atoms with van der Waals surface area (Å²) >= 11 is 0. The molecule has 0 spiro atoms. The van der Waals surface area contributed by atoms with Gasteiger partial charge in [0, 0.05) is 39.3 Å². The lowest BCUT2D eigenvalue weighted by Gasteiger charge is -2.34. The van der Waals surface area contributed by atoms with Gasteiger partial charge in [-0.2, -0.15) is 0 Å². The van der Waals surface area contributed by atoms with Crippen LogP contribution in [-0.2, 0) is 11.3 Å². The van der Waals surface area contributed by atoms with E-state index in [2.05, 4.69) is 25.4 Å². The molecule has 0 aliphatic carbocycles. The van der Waals surface area contributed by atoms with Crippen molar-refractivity contribution in [2.24, 2.45) is 4.99 Å². The molecule has 0 bridgehead atoms. The molecule has 1 aromatic rings. The minimum absolute atomic E-state index is 0. The lowest BCUT2D eigenvalue weighted by molar-refractivity contribution is -0.0201. The van der Waals surface area contributed by atoms with E-state index in [0.717, 1.165) is 50.7 Å². The van der Waals surface area contributed by atoms with Crippen LogP contribution in [0, 0.1) is 0 Å². The summed E-state index contributed by atoms with van der Waals surface area (Å²) in [6.07, 6.45) is 0. The molecule has 9 heteroatoms. The van der Waals surface area contributed by atoms with Crippen LogP contribution in [0.3, 0.4) is 0 Å². The van der Waals surface area contributed by atoms with Crippen molar-refractivity contribution in [1.82, 2.24) is 20.4 Å². The monoisotopic (exact) mass is 549 g/mol. The third-order valence-corrected chi connectivity index (χ3v) is 4.77. The maximum atomic E-state index is 10.8. The third kappa shape index (κ3) is 11.9. The standard InChI is InChI=1S/C22H39N5O3.HI/c1-5-23-21(25-17-22(2,28)18-27-10-12-29-13-11-27)24-16-19-7-6-8-20(15-19)30-14-9-26(3)4;/h6-8,15,28H,5,9-14,16-18H2,1-4H3,(H2,23,24,25);1H. The molecule has 1 aromatic carbocycles. The first-order valence-electron chi connectivity index (χ1n) is 10.8. The number of hydrogen-bond acceptors (Lipinski definition) is 6. The maximum absolute atomic E-state index is 10.8. The number of nitrogens with zero attached hydrogens (tertiary/aromatic N) is 3.